The van der Waals surface area contributed by atoms with Crippen molar-refractivity contribution in [1.29, 1.82) is 0 Å². The summed E-state index contributed by atoms with van der Waals surface area (Å²) in [6.45, 7) is 5.19. The van der Waals surface area contributed by atoms with Gasteiger partial charge in [-0.15, -0.1) is 0 Å². The summed E-state index contributed by atoms with van der Waals surface area (Å²) in [5.74, 6) is 0.132. The monoisotopic (exact) mass is 248 g/mol. The SMILES string of the molecule is CC(C)C1(O)CN(C(=O)c2cccc(CN)c2)C1. The molecule has 0 radical (unpaired) electrons. The van der Waals surface area contributed by atoms with Crippen molar-refractivity contribution in [3.05, 3.63) is 35.4 Å². The Morgan fingerprint density at radius 3 is 2.72 bits per heavy atom. The number of rotatable bonds is 3. The molecule has 0 aliphatic carbocycles. The van der Waals surface area contributed by atoms with E-state index in [-0.39, 0.29) is 11.8 Å². The highest BCUT2D eigenvalue weighted by Crippen LogP contribution is 2.29. The summed E-state index contributed by atoms with van der Waals surface area (Å²) in [7, 11) is 0. The van der Waals surface area contributed by atoms with Crippen LogP contribution in [0.4, 0.5) is 0 Å². The van der Waals surface area contributed by atoms with E-state index in [4.69, 9.17) is 5.73 Å². The van der Waals surface area contributed by atoms with Crippen LogP contribution in [0.15, 0.2) is 24.3 Å². The van der Waals surface area contributed by atoms with Crippen molar-refractivity contribution < 1.29 is 9.90 Å². The van der Waals surface area contributed by atoms with E-state index in [2.05, 4.69) is 0 Å². The summed E-state index contributed by atoms with van der Waals surface area (Å²) in [5, 5.41) is 10.1. The van der Waals surface area contributed by atoms with E-state index in [1.54, 1.807) is 11.0 Å². The first-order valence-electron chi connectivity index (χ1n) is 6.27. The molecule has 1 aliphatic heterocycles. The fourth-order valence-electron chi connectivity index (χ4n) is 2.14. The molecule has 0 saturated carbocycles. The fraction of sp³-hybridized carbons (Fsp3) is 0.500. The fourth-order valence-corrected chi connectivity index (χ4v) is 2.14. The number of benzene rings is 1. The summed E-state index contributed by atoms with van der Waals surface area (Å²) < 4.78 is 0. The van der Waals surface area contributed by atoms with Crippen molar-refractivity contribution in [2.45, 2.75) is 26.0 Å². The Morgan fingerprint density at radius 1 is 1.50 bits per heavy atom. The predicted octanol–water partition coefficient (Wildman–Crippen LogP) is 0.988. The number of nitrogens with zero attached hydrogens (tertiary/aromatic N) is 1. The largest absolute Gasteiger partial charge is 0.386 e. The molecule has 18 heavy (non-hydrogen) atoms. The van der Waals surface area contributed by atoms with Crippen molar-refractivity contribution in [2.75, 3.05) is 13.1 Å². The second kappa shape index (κ2) is 4.71. The van der Waals surface area contributed by atoms with Gasteiger partial charge < -0.3 is 15.7 Å². The van der Waals surface area contributed by atoms with Gasteiger partial charge in [0.15, 0.2) is 0 Å². The van der Waals surface area contributed by atoms with Crippen LogP contribution in [0.5, 0.6) is 0 Å². The maximum absolute atomic E-state index is 12.2. The van der Waals surface area contributed by atoms with E-state index < -0.39 is 5.60 Å². The Kier molecular flexibility index (Phi) is 3.41. The topological polar surface area (TPSA) is 66.6 Å². The third-order valence-electron chi connectivity index (χ3n) is 3.70. The summed E-state index contributed by atoms with van der Waals surface area (Å²) in [6, 6.07) is 7.34. The van der Waals surface area contributed by atoms with Gasteiger partial charge in [0, 0.05) is 12.1 Å². The van der Waals surface area contributed by atoms with E-state index in [0.717, 1.165) is 5.56 Å². The van der Waals surface area contributed by atoms with E-state index in [0.29, 0.717) is 25.2 Å². The van der Waals surface area contributed by atoms with Crippen molar-refractivity contribution in [1.82, 2.24) is 4.90 Å². The number of aliphatic hydroxyl groups is 1. The molecule has 0 spiro atoms. The Morgan fingerprint density at radius 2 is 2.17 bits per heavy atom. The molecule has 1 aromatic carbocycles. The Labute approximate surface area is 107 Å². The van der Waals surface area contributed by atoms with E-state index in [1.165, 1.54) is 0 Å². The van der Waals surface area contributed by atoms with Crippen LogP contribution in [-0.2, 0) is 6.54 Å². The highest BCUT2D eigenvalue weighted by Gasteiger charge is 2.45. The first-order valence-corrected chi connectivity index (χ1v) is 6.27. The molecule has 4 heteroatoms. The van der Waals surface area contributed by atoms with Gasteiger partial charge in [-0.1, -0.05) is 26.0 Å². The first-order chi connectivity index (χ1) is 8.46. The number of carbonyl (C=O) groups is 1. The molecule has 2 rings (SSSR count). The minimum Gasteiger partial charge on any atom is -0.386 e. The minimum absolute atomic E-state index is 0.0318. The zero-order chi connectivity index (χ0) is 13.3. The molecule has 1 amide bonds. The highest BCUT2D eigenvalue weighted by atomic mass is 16.3. The van der Waals surface area contributed by atoms with Crippen LogP contribution in [0.25, 0.3) is 0 Å². The lowest BCUT2D eigenvalue weighted by Crippen LogP contribution is -2.65. The number of amides is 1. The molecule has 1 aromatic rings. The summed E-state index contributed by atoms with van der Waals surface area (Å²) in [4.78, 5) is 13.9. The lowest BCUT2D eigenvalue weighted by molar-refractivity contribution is -0.110. The average molecular weight is 248 g/mol. The number of β-amino-alcohol motifs (C(OH)–C–C–N with tert-alkyl or cyclic N) is 1. The smallest absolute Gasteiger partial charge is 0.254 e. The van der Waals surface area contributed by atoms with Gasteiger partial charge >= 0.3 is 0 Å². The minimum atomic E-state index is -0.721. The van der Waals surface area contributed by atoms with Gasteiger partial charge in [-0.3, -0.25) is 4.79 Å². The van der Waals surface area contributed by atoms with Gasteiger partial charge in [0.2, 0.25) is 0 Å². The number of hydrogen-bond acceptors (Lipinski definition) is 3. The number of hydrogen-bond donors (Lipinski definition) is 2. The standard InChI is InChI=1S/C14H20N2O2/c1-10(2)14(18)8-16(9-14)13(17)12-5-3-4-11(6-12)7-15/h3-6,10,18H,7-9,15H2,1-2H3. The Bertz CT molecular complexity index is 451. The van der Waals surface area contributed by atoms with E-state index in [9.17, 15) is 9.90 Å². The van der Waals surface area contributed by atoms with Gasteiger partial charge in [0.25, 0.3) is 5.91 Å². The molecule has 4 nitrogen and oxygen atoms in total. The third kappa shape index (κ3) is 2.26. The molecular weight excluding hydrogens is 228 g/mol. The average Bonchev–Trinajstić information content (AvgIpc) is 2.34. The molecule has 1 heterocycles. The maximum Gasteiger partial charge on any atom is 0.254 e. The van der Waals surface area contributed by atoms with Crippen LogP contribution in [-0.4, -0.2) is 34.6 Å². The molecule has 0 bridgehead atoms. The van der Waals surface area contributed by atoms with Crippen LogP contribution in [0.2, 0.25) is 0 Å². The molecule has 3 N–H and O–H groups in total. The van der Waals surface area contributed by atoms with E-state index in [1.807, 2.05) is 32.0 Å². The number of nitrogens with two attached hydrogens (primary N) is 1. The quantitative estimate of drug-likeness (QED) is 0.838. The Balaban J connectivity index is 2.06. The van der Waals surface area contributed by atoms with Crippen molar-refractivity contribution >= 4 is 5.91 Å². The normalized spacial score (nSPS) is 17.7. The van der Waals surface area contributed by atoms with Crippen molar-refractivity contribution in [3.8, 4) is 0 Å². The van der Waals surface area contributed by atoms with Crippen LogP contribution in [0.3, 0.4) is 0 Å². The maximum atomic E-state index is 12.2. The van der Waals surface area contributed by atoms with Crippen LogP contribution >= 0.6 is 0 Å². The van der Waals surface area contributed by atoms with Crippen LogP contribution in [0.1, 0.15) is 29.8 Å². The molecule has 0 atom stereocenters. The van der Waals surface area contributed by atoms with Gasteiger partial charge in [-0.2, -0.15) is 0 Å². The van der Waals surface area contributed by atoms with Crippen molar-refractivity contribution in [2.24, 2.45) is 11.7 Å². The summed E-state index contributed by atoms with van der Waals surface area (Å²) >= 11 is 0. The zero-order valence-electron chi connectivity index (χ0n) is 10.9. The third-order valence-corrected chi connectivity index (χ3v) is 3.70. The molecule has 98 valence electrons. The molecular formula is C14H20N2O2. The molecule has 1 aliphatic rings. The summed E-state index contributed by atoms with van der Waals surface area (Å²) in [6.07, 6.45) is 0. The van der Waals surface area contributed by atoms with Crippen LogP contribution in [0, 0.1) is 5.92 Å². The molecule has 0 aromatic heterocycles. The number of carbonyl (C=O) groups excluding carboxylic acids is 1. The first kappa shape index (κ1) is 13.1. The lowest BCUT2D eigenvalue weighted by atomic mass is 9.82. The second-order valence-corrected chi connectivity index (χ2v) is 5.32. The Hall–Kier alpha value is -1.39. The van der Waals surface area contributed by atoms with Gasteiger partial charge in [-0.05, 0) is 23.6 Å². The molecule has 0 unspecified atom stereocenters. The van der Waals surface area contributed by atoms with Gasteiger partial charge in [-0.25, -0.2) is 0 Å². The van der Waals surface area contributed by atoms with Gasteiger partial charge in [0.1, 0.15) is 5.60 Å². The molecule has 1 saturated heterocycles. The second-order valence-electron chi connectivity index (χ2n) is 5.32. The molecule has 1 fully saturated rings. The number of likely N-dealkylation sites (tertiary alicyclic amines) is 1. The van der Waals surface area contributed by atoms with Crippen molar-refractivity contribution in [3.63, 3.8) is 0 Å². The lowest BCUT2D eigenvalue weighted by Gasteiger charge is -2.49. The highest BCUT2D eigenvalue weighted by molar-refractivity contribution is 5.95. The van der Waals surface area contributed by atoms with Gasteiger partial charge in [0.05, 0.1) is 13.1 Å². The predicted molar refractivity (Wildman–Crippen MR) is 70.0 cm³/mol. The van der Waals surface area contributed by atoms with Crippen LogP contribution < -0.4 is 5.73 Å². The zero-order valence-corrected chi connectivity index (χ0v) is 10.9. The summed E-state index contributed by atoms with van der Waals surface area (Å²) in [5.41, 5.74) is 6.43. The van der Waals surface area contributed by atoms with E-state index >= 15 is 0 Å².